The van der Waals surface area contributed by atoms with Crippen molar-refractivity contribution in [2.45, 2.75) is 19.8 Å². The molecule has 0 radical (unpaired) electrons. The van der Waals surface area contributed by atoms with Gasteiger partial charge in [-0.2, -0.15) is 0 Å². The van der Waals surface area contributed by atoms with E-state index in [0.717, 1.165) is 35.1 Å². The molecule has 1 aromatic heterocycles. The van der Waals surface area contributed by atoms with Crippen LogP contribution in [0.3, 0.4) is 0 Å². The minimum Gasteiger partial charge on any atom is -0.396 e. The first-order valence-electron chi connectivity index (χ1n) is 6.94. The van der Waals surface area contributed by atoms with Crippen LogP contribution in [0.15, 0.2) is 24.3 Å². The Labute approximate surface area is 122 Å². The van der Waals surface area contributed by atoms with Crippen LogP contribution in [0.2, 0.25) is 0 Å². The van der Waals surface area contributed by atoms with Gasteiger partial charge < -0.3 is 10.4 Å². The van der Waals surface area contributed by atoms with Crippen molar-refractivity contribution >= 4 is 22.3 Å². The van der Waals surface area contributed by atoms with Gasteiger partial charge in [0, 0.05) is 40.9 Å². The highest BCUT2D eigenvalue weighted by molar-refractivity contribution is 5.93. The Kier molecular flexibility index (Phi) is 3.25. The number of aromatic nitrogens is 1. The first kappa shape index (κ1) is 13.8. The predicted molar refractivity (Wildman–Crippen MR) is 80.4 cm³/mol. The van der Waals surface area contributed by atoms with Crippen LogP contribution in [0.5, 0.6) is 0 Å². The van der Waals surface area contributed by atoms with Gasteiger partial charge in [-0.15, -0.1) is 0 Å². The van der Waals surface area contributed by atoms with Crippen molar-refractivity contribution in [1.29, 1.82) is 0 Å². The standard InChI is InChI=1S/C15H17N3O3/c1-10-6-14(16-8-15(9-19)4-5-15)12-7-11(18(20)21)2-3-13(12)17-10/h2-3,6-7,19H,4-5,8-9H2,1H3,(H,16,17). The van der Waals surface area contributed by atoms with Gasteiger partial charge in [0.1, 0.15) is 0 Å². The molecule has 0 amide bonds. The van der Waals surface area contributed by atoms with Crippen LogP contribution in [0.4, 0.5) is 11.4 Å². The topological polar surface area (TPSA) is 88.3 Å². The summed E-state index contributed by atoms with van der Waals surface area (Å²) in [4.78, 5) is 14.9. The second kappa shape index (κ2) is 4.96. The average Bonchev–Trinajstić information content (AvgIpc) is 3.24. The van der Waals surface area contributed by atoms with Crippen molar-refractivity contribution in [2.75, 3.05) is 18.5 Å². The lowest BCUT2D eigenvalue weighted by molar-refractivity contribution is -0.384. The number of benzene rings is 1. The van der Waals surface area contributed by atoms with Gasteiger partial charge in [-0.25, -0.2) is 0 Å². The lowest BCUT2D eigenvalue weighted by Crippen LogP contribution is -2.19. The van der Waals surface area contributed by atoms with Crippen LogP contribution in [0.25, 0.3) is 10.9 Å². The minimum absolute atomic E-state index is 0.0236. The van der Waals surface area contributed by atoms with Crippen molar-refractivity contribution in [3.8, 4) is 0 Å². The van der Waals surface area contributed by atoms with Gasteiger partial charge in [0.15, 0.2) is 0 Å². The van der Waals surface area contributed by atoms with E-state index in [1.54, 1.807) is 12.1 Å². The molecule has 0 aliphatic heterocycles. The third-order valence-electron chi connectivity index (χ3n) is 4.08. The van der Waals surface area contributed by atoms with Crippen molar-refractivity contribution in [3.05, 3.63) is 40.1 Å². The molecule has 1 aliphatic carbocycles. The number of hydrogen-bond acceptors (Lipinski definition) is 5. The number of non-ortho nitro benzene ring substituents is 1. The van der Waals surface area contributed by atoms with E-state index in [4.69, 9.17) is 0 Å². The molecule has 1 aromatic carbocycles. The Balaban J connectivity index is 1.98. The molecule has 110 valence electrons. The minimum atomic E-state index is -0.404. The summed E-state index contributed by atoms with van der Waals surface area (Å²) >= 11 is 0. The fourth-order valence-corrected chi connectivity index (χ4v) is 2.46. The maximum atomic E-state index is 10.9. The Bertz CT molecular complexity index is 711. The summed E-state index contributed by atoms with van der Waals surface area (Å²) in [7, 11) is 0. The third kappa shape index (κ3) is 2.67. The number of pyridine rings is 1. The number of nitrogens with zero attached hydrogens (tertiary/aromatic N) is 2. The SMILES string of the molecule is Cc1cc(NCC2(CO)CC2)c2cc([N+](=O)[O-])ccc2n1. The van der Waals surface area contributed by atoms with Crippen LogP contribution in [-0.4, -0.2) is 28.2 Å². The van der Waals surface area contributed by atoms with Gasteiger partial charge >= 0.3 is 0 Å². The molecule has 0 bridgehead atoms. The second-order valence-electron chi connectivity index (χ2n) is 5.78. The zero-order chi connectivity index (χ0) is 15.0. The number of nitro benzene ring substituents is 1. The Hall–Kier alpha value is -2.21. The molecule has 0 atom stereocenters. The predicted octanol–water partition coefficient (Wildman–Crippen LogP) is 2.64. The number of aliphatic hydroxyl groups is 1. The van der Waals surface area contributed by atoms with E-state index in [1.165, 1.54) is 6.07 Å². The smallest absolute Gasteiger partial charge is 0.270 e. The molecule has 0 spiro atoms. The van der Waals surface area contributed by atoms with Crippen LogP contribution in [0.1, 0.15) is 18.5 Å². The van der Waals surface area contributed by atoms with E-state index in [-0.39, 0.29) is 17.7 Å². The van der Waals surface area contributed by atoms with E-state index in [1.807, 2.05) is 13.0 Å². The van der Waals surface area contributed by atoms with Gasteiger partial charge in [-0.05, 0) is 31.9 Å². The summed E-state index contributed by atoms with van der Waals surface area (Å²) in [6.07, 6.45) is 2.03. The summed E-state index contributed by atoms with van der Waals surface area (Å²) < 4.78 is 0. The molecule has 1 saturated carbocycles. The van der Waals surface area contributed by atoms with Crippen molar-refractivity contribution in [3.63, 3.8) is 0 Å². The summed E-state index contributed by atoms with van der Waals surface area (Å²) in [6.45, 7) is 2.73. The molecule has 1 aliphatic rings. The molecule has 21 heavy (non-hydrogen) atoms. The monoisotopic (exact) mass is 287 g/mol. The summed E-state index contributed by atoms with van der Waals surface area (Å²) in [6, 6.07) is 6.57. The van der Waals surface area contributed by atoms with Gasteiger partial charge in [-0.1, -0.05) is 0 Å². The average molecular weight is 287 g/mol. The van der Waals surface area contributed by atoms with Gasteiger partial charge in [0.05, 0.1) is 17.0 Å². The molecule has 0 unspecified atom stereocenters. The van der Waals surface area contributed by atoms with E-state index in [0.29, 0.717) is 6.54 Å². The number of aliphatic hydroxyl groups excluding tert-OH is 1. The highest BCUT2D eigenvalue weighted by Crippen LogP contribution is 2.45. The third-order valence-corrected chi connectivity index (χ3v) is 4.08. The molecule has 1 fully saturated rings. The molecule has 6 nitrogen and oxygen atoms in total. The Morgan fingerprint density at radius 2 is 2.19 bits per heavy atom. The highest BCUT2D eigenvalue weighted by atomic mass is 16.6. The summed E-state index contributed by atoms with van der Waals surface area (Å²) in [5.41, 5.74) is 2.45. The van der Waals surface area contributed by atoms with E-state index in [2.05, 4.69) is 10.3 Å². The van der Waals surface area contributed by atoms with Crippen LogP contribution in [0, 0.1) is 22.5 Å². The number of hydrogen-bond donors (Lipinski definition) is 2. The number of fused-ring (bicyclic) bond motifs is 1. The number of nitrogens with one attached hydrogen (secondary N) is 1. The summed E-state index contributed by atoms with van der Waals surface area (Å²) in [5.74, 6) is 0. The van der Waals surface area contributed by atoms with E-state index in [9.17, 15) is 15.2 Å². The van der Waals surface area contributed by atoms with Crippen LogP contribution < -0.4 is 5.32 Å². The molecule has 0 saturated heterocycles. The lowest BCUT2D eigenvalue weighted by Gasteiger charge is -2.15. The molecule has 3 rings (SSSR count). The Morgan fingerprint density at radius 3 is 2.81 bits per heavy atom. The van der Waals surface area contributed by atoms with Gasteiger partial charge in [-0.3, -0.25) is 15.1 Å². The van der Waals surface area contributed by atoms with Crippen molar-refractivity contribution in [1.82, 2.24) is 4.98 Å². The van der Waals surface area contributed by atoms with Crippen molar-refractivity contribution < 1.29 is 10.0 Å². The molecule has 2 aromatic rings. The van der Waals surface area contributed by atoms with Gasteiger partial charge in [0.25, 0.3) is 5.69 Å². The van der Waals surface area contributed by atoms with Crippen LogP contribution in [-0.2, 0) is 0 Å². The molecular formula is C15H17N3O3. The fraction of sp³-hybridized carbons (Fsp3) is 0.400. The maximum Gasteiger partial charge on any atom is 0.270 e. The number of anilines is 1. The number of nitro groups is 1. The van der Waals surface area contributed by atoms with Crippen molar-refractivity contribution in [2.24, 2.45) is 5.41 Å². The normalized spacial score (nSPS) is 15.9. The van der Waals surface area contributed by atoms with E-state index >= 15 is 0 Å². The Morgan fingerprint density at radius 1 is 1.43 bits per heavy atom. The molecule has 2 N–H and O–H groups in total. The first-order valence-corrected chi connectivity index (χ1v) is 6.94. The molecule has 6 heteroatoms. The zero-order valence-corrected chi connectivity index (χ0v) is 11.8. The quantitative estimate of drug-likeness (QED) is 0.652. The van der Waals surface area contributed by atoms with Crippen LogP contribution >= 0.6 is 0 Å². The number of aryl methyl sites for hydroxylation is 1. The first-order chi connectivity index (χ1) is 10.0. The largest absolute Gasteiger partial charge is 0.396 e. The number of rotatable bonds is 5. The van der Waals surface area contributed by atoms with Gasteiger partial charge in [0.2, 0.25) is 0 Å². The molecule has 1 heterocycles. The summed E-state index contributed by atoms with van der Waals surface area (Å²) in [5, 5.41) is 24.4. The second-order valence-corrected chi connectivity index (χ2v) is 5.78. The highest BCUT2D eigenvalue weighted by Gasteiger charge is 2.41. The lowest BCUT2D eigenvalue weighted by atomic mass is 10.1. The maximum absolute atomic E-state index is 10.9. The molecular weight excluding hydrogens is 270 g/mol. The zero-order valence-electron chi connectivity index (χ0n) is 11.8. The van der Waals surface area contributed by atoms with E-state index < -0.39 is 4.92 Å². The fourth-order valence-electron chi connectivity index (χ4n) is 2.46.